The third-order valence-electron chi connectivity index (χ3n) is 2.32. The quantitative estimate of drug-likeness (QED) is 0.612. The maximum atomic E-state index is 12.0. The lowest BCUT2D eigenvalue weighted by Gasteiger charge is -2.15. The van der Waals surface area contributed by atoms with Gasteiger partial charge in [0.15, 0.2) is 6.29 Å². The zero-order valence-corrected chi connectivity index (χ0v) is 9.67. The van der Waals surface area contributed by atoms with E-state index in [1.54, 1.807) is 43.5 Å². The van der Waals surface area contributed by atoms with Gasteiger partial charge in [-0.15, -0.1) is 0 Å². The van der Waals surface area contributed by atoms with Crippen molar-refractivity contribution in [1.82, 2.24) is 4.90 Å². The molecule has 0 unspecified atom stereocenters. The Labute approximate surface area is 100 Å². The molecule has 4 nitrogen and oxygen atoms in total. The van der Waals surface area contributed by atoms with Gasteiger partial charge in [-0.05, 0) is 6.07 Å². The molecule has 0 aliphatic rings. The zero-order valence-electron chi connectivity index (χ0n) is 9.67. The summed E-state index contributed by atoms with van der Waals surface area (Å²) >= 11 is 0. The van der Waals surface area contributed by atoms with E-state index in [4.69, 9.17) is 5.11 Å². The number of carbonyl (C=O) groups is 2. The molecule has 1 rings (SSSR count). The van der Waals surface area contributed by atoms with Gasteiger partial charge in [-0.1, -0.05) is 30.4 Å². The third kappa shape index (κ3) is 3.53. The molecule has 0 saturated heterocycles. The minimum Gasteiger partial charge on any atom is -0.392 e. The largest absolute Gasteiger partial charge is 0.392 e. The highest BCUT2D eigenvalue weighted by atomic mass is 16.2. The molecule has 0 heterocycles. The van der Waals surface area contributed by atoms with Crippen LogP contribution in [0.25, 0.3) is 0 Å². The second kappa shape index (κ2) is 6.60. The normalized spacial score (nSPS) is 10.5. The van der Waals surface area contributed by atoms with Crippen LogP contribution >= 0.6 is 0 Å². The van der Waals surface area contributed by atoms with E-state index in [0.717, 1.165) is 0 Å². The highest BCUT2D eigenvalue weighted by molar-refractivity contribution is 6.01. The summed E-state index contributed by atoms with van der Waals surface area (Å²) in [7, 11) is 1.64. The topological polar surface area (TPSA) is 57.6 Å². The number of benzene rings is 1. The van der Waals surface area contributed by atoms with Gasteiger partial charge >= 0.3 is 0 Å². The molecule has 1 aromatic rings. The van der Waals surface area contributed by atoms with E-state index in [1.165, 1.54) is 4.90 Å². The maximum Gasteiger partial charge on any atom is 0.254 e. The maximum absolute atomic E-state index is 12.0. The molecule has 0 fully saturated rings. The fourth-order valence-electron chi connectivity index (χ4n) is 1.39. The van der Waals surface area contributed by atoms with Crippen LogP contribution in [0, 0.1) is 0 Å². The van der Waals surface area contributed by atoms with Crippen LogP contribution in [0.1, 0.15) is 20.7 Å². The molecule has 0 radical (unpaired) electrons. The molecule has 1 aromatic carbocycles. The summed E-state index contributed by atoms with van der Waals surface area (Å²) in [5.74, 6) is -0.213. The molecular weight excluding hydrogens is 218 g/mol. The van der Waals surface area contributed by atoms with Crippen molar-refractivity contribution in [2.24, 2.45) is 0 Å². The number of aliphatic hydroxyl groups is 1. The Bertz CT molecular complexity index is 426. The summed E-state index contributed by atoms with van der Waals surface area (Å²) in [6, 6.07) is 6.67. The van der Waals surface area contributed by atoms with Crippen LogP contribution in [0.2, 0.25) is 0 Å². The standard InChI is InChI=1S/C13H15NO3/c1-14(8-4-5-9-15)13(17)12-7-3-2-6-11(12)10-16/h2-7,10,15H,8-9H2,1H3/b5-4+. The molecule has 0 aliphatic carbocycles. The van der Waals surface area contributed by atoms with Gasteiger partial charge in [-0.3, -0.25) is 9.59 Å². The lowest BCUT2D eigenvalue weighted by atomic mass is 10.1. The van der Waals surface area contributed by atoms with Crippen molar-refractivity contribution in [3.63, 3.8) is 0 Å². The smallest absolute Gasteiger partial charge is 0.254 e. The summed E-state index contributed by atoms with van der Waals surface area (Å²) in [4.78, 5) is 24.3. The molecule has 1 N–H and O–H groups in total. The highest BCUT2D eigenvalue weighted by Crippen LogP contribution is 2.08. The average Bonchev–Trinajstić information content (AvgIpc) is 2.38. The molecule has 17 heavy (non-hydrogen) atoms. The number of rotatable bonds is 5. The Morgan fingerprint density at radius 1 is 1.35 bits per heavy atom. The Morgan fingerprint density at radius 3 is 2.71 bits per heavy atom. The summed E-state index contributed by atoms with van der Waals surface area (Å²) in [6.45, 7) is 0.347. The minimum absolute atomic E-state index is 0.0487. The first-order valence-corrected chi connectivity index (χ1v) is 5.26. The number of likely N-dealkylation sites (N-methyl/N-ethyl adjacent to an activating group) is 1. The van der Waals surface area contributed by atoms with Gasteiger partial charge in [0.05, 0.1) is 12.2 Å². The van der Waals surface area contributed by atoms with Crippen LogP contribution in [0.15, 0.2) is 36.4 Å². The predicted octanol–water partition coefficient (Wildman–Crippen LogP) is 1.12. The number of hydrogen-bond acceptors (Lipinski definition) is 3. The Hall–Kier alpha value is -1.94. The van der Waals surface area contributed by atoms with Gasteiger partial charge in [-0.25, -0.2) is 0 Å². The summed E-state index contributed by atoms with van der Waals surface area (Å²) in [5, 5.41) is 8.58. The van der Waals surface area contributed by atoms with Crippen LogP contribution in [-0.2, 0) is 0 Å². The van der Waals surface area contributed by atoms with E-state index in [-0.39, 0.29) is 12.5 Å². The van der Waals surface area contributed by atoms with Crippen molar-refractivity contribution in [2.75, 3.05) is 20.2 Å². The Morgan fingerprint density at radius 2 is 2.06 bits per heavy atom. The molecule has 0 aromatic heterocycles. The lowest BCUT2D eigenvalue weighted by molar-refractivity contribution is 0.0806. The van der Waals surface area contributed by atoms with Crippen molar-refractivity contribution in [2.45, 2.75) is 0 Å². The monoisotopic (exact) mass is 233 g/mol. The lowest BCUT2D eigenvalue weighted by Crippen LogP contribution is -2.27. The van der Waals surface area contributed by atoms with E-state index in [1.807, 2.05) is 0 Å². The number of carbonyl (C=O) groups excluding carboxylic acids is 2. The molecule has 0 saturated carbocycles. The molecule has 0 spiro atoms. The molecular formula is C13H15NO3. The van der Waals surface area contributed by atoms with Gasteiger partial charge in [0.1, 0.15) is 0 Å². The van der Waals surface area contributed by atoms with Gasteiger partial charge in [0.2, 0.25) is 0 Å². The number of nitrogens with zero attached hydrogens (tertiary/aromatic N) is 1. The fraction of sp³-hybridized carbons (Fsp3) is 0.231. The van der Waals surface area contributed by atoms with Crippen molar-refractivity contribution in [3.8, 4) is 0 Å². The molecule has 0 aliphatic heterocycles. The highest BCUT2D eigenvalue weighted by Gasteiger charge is 2.13. The second-order valence-electron chi connectivity index (χ2n) is 3.54. The second-order valence-corrected chi connectivity index (χ2v) is 3.54. The molecule has 90 valence electrons. The van der Waals surface area contributed by atoms with Crippen LogP contribution in [0.3, 0.4) is 0 Å². The number of amides is 1. The molecule has 0 bridgehead atoms. The van der Waals surface area contributed by atoms with Crippen molar-refractivity contribution >= 4 is 12.2 Å². The van der Waals surface area contributed by atoms with Crippen LogP contribution in [-0.4, -0.2) is 42.4 Å². The van der Waals surface area contributed by atoms with E-state index in [0.29, 0.717) is 24.0 Å². The third-order valence-corrected chi connectivity index (χ3v) is 2.32. The fourth-order valence-corrected chi connectivity index (χ4v) is 1.39. The Kier molecular flexibility index (Phi) is 5.10. The van der Waals surface area contributed by atoms with Gasteiger partial charge in [0, 0.05) is 19.2 Å². The van der Waals surface area contributed by atoms with Gasteiger partial charge in [-0.2, -0.15) is 0 Å². The van der Waals surface area contributed by atoms with Gasteiger partial charge < -0.3 is 10.0 Å². The van der Waals surface area contributed by atoms with E-state index < -0.39 is 0 Å². The molecule has 4 heteroatoms. The Balaban J connectivity index is 2.81. The summed E-state index contributed by atoms with van der Waals surface area (Å²) in [6.07, 6.45) is 3.93. The number of hydrogen-bond donors (Lipinski definition) is 1. The molecule has 1 amide bonds. The SMILES string of the molecule is CN(C/C=C/CO)C(=O)c1ccccc1C=O. The minimum atomic E-state index is -0.213. The first kappa shape index (κ1) is 13.1. The number of aliphatic hydroxyl groups excluding tert-OH is 1. The summed E-state index contributed by atoms with van der Waals surface area (Å²) < 4.78 is 0. The van der Waals surface area contributed by atoms with Crippen LogP contribution in [0.5, 0.6) is 0 Å². The van der Waals surface area contributed by atoms with Crippen molar-refractivity contribution in [1.29, 1.82) is 0 Å². The van der Waals surface area contributed by atoms with Crippen molar-refractivity contribution < 1.29 is 14.7 Å². The van der Waals surface area contributed by atoms with Crippen LogP contribution in [0.4, 0.5) is 0 Å². The predicted molar refractivity (Wildman–Crippen MR) is 65.0 cm³/mol. The number of aldehydes is 1. The van der Waals surface area contributed by atoms with E-state index in [2.05, 4.69) is 0 Å². The summed E-state index contributed by atoms with van der Waals surface area (Å²) in [5.41, 5.74) is 0.776. The van der Waals surface area contributed by atoms with Crippen LogP contribution < -0.4 is 0 Å². The van der Waals surface area contributed by atoms with E-state index in [9.17, 15) is 9.59 Å². The van der Waals surface area contributed by atoms with Gasteiger partial charge in [0.25, 0.3) is 5.91 Å². The first-order chi connectivity index (χ1) is 8.20. The van der Waals surface area contributed by atoms with Crippen molar-refractivity contribution in [3.05, 3.63) is 47.5 Å². The van der Waals surface area contributed by atoms with E-state index >= 15 is 0 Å². The average molecular weight is 233 g/mol. The molecule has 0 atom stereocenters. The zero-order chi connectivity index (χ0) is 12.7. The first-order valence-electron chi connectivity index (χ1n) is 5.26.